The van der Waals surface area contributed by atoms with Crippen molar-refractivity contribution in [3.63, 3.8) is 0 Å². The Balaban J connectivity index is 1.85. The van der Waals surface area contributed by atoms with Gasteiger partial charge in [0.1, 0.15) is 0 Å². The largest absolute Gasteiger partial charge is 0.394 e. The fourth-order valence-corrected chi connectivity index (χ4v) is 3.92. The molecule has 2 atom stereocenters. The van der Waals surface area contributed by atoms with E-state index in [0.717, 1.165) is 45.1 Å². The second-order valence-electron chi connectivity index (χ2n) is 7.35. The minimum absolute atomic E-state index is 0.00184. The Morgan fingerprint density at radius 2 is 2.09 bits per heavy atom. The number of urea groups is 1. The minimum atomic E-state index is -0.535. The maximum absolute atomic E-state index is 12.3. The van der Waals surface area contributed by atoms with Crippen molar-refractivity contribution < 1.29 is 14.6 Å². The fraction of sp³-hybridized carbons (Fsp3) is 0.941. The SMILES string of the molecule is CCCC(C)(CO)NC(=O)NC1CCOC2(CCCCC2)C1. The van der Waals surface area contributed by atoms with E-state index in [1.165, 1.54) is 19.3 Å². The van der Waals surface area contributed by atoms with Gasteiger partial charge in [0.2, 0.25) is 0 Å². The van der Waals surface area contributed by atoms with Crippen LogP contribution in [0.15, 0.2) is 0 Å². The van der Waals surface area contributed by atoms with Crippen molar-refractivity contribution in [2.75, 3.05) is 13.2 Å². The smallest absolute Gasteiger partial charge is 0.315 e. The van der Waals surface area contributed by atoms with E-state index in [4.69, 9.17) is 4.74 Å². The summed E-state index contributed by atoms with van der Waals surface area (Å²) in [6.45, 7) is 4.64. The number of amides is 2. The Morgan fingerprint density at radius 3 is 2.73 bits per heavy atom. The van der Waals surface area contributed by atoms with Gasteiger partial charge >= 0.3 is 6.03 Å². The maximum Gasteiger partial charge on any atom is 0.315 e. The van der Waals surface area contributed by atoms with E-state index in [0.29, 0.717) is 0 Å². The summed E-state index contributed by atoms with van der Waals surface area (Å²) in [5.74, 6) is 0. The van der Waals surface area contributed by atoms with Crippen LogP contribution in [0.3, 0.4) is 0 Å². The second kappa shape index (κ2) is 7.64. The minimum Gasteiger partial charge on any atom is -0.394 e. The third-order valence-corrected chi connectivity index (χ3v) is 5.16. The number of ether oxygens (including phenoxy) is 1. The molecule has 1 spiro atoms. The second-order valence-corrected chi connectivity index (χ2v) is 7.35. The van der Waals surface area contributed by atoms with Crippen molar-refractivity contribution in [3.8, 4) is 0 Å². The highest BCUT2D eigenvalue weighted by molar-refractivity contribution is 5.75. The molecule has 1 saturated carbocycles. The van der Waals surface area contributed by atoms with Crippen LogP contribution in [0.4, 0.5) is 4.79 Å². The predicted molar refractivity (Wildman–Crippen MR) is 86.9 cm³/mol. The lowest BCUT2D eigenvalue weighted by atomic mass is 9.78. The van der Waals surface area contributed by atoms with Crippen molar-refractivity contribution >= 4 is 6.03 Å². The molecule has 128 valence electrons. The summed E-state index contributed by atoms with van der Waals surface area (Å²) < 4.78 is 6.07. The summed E-state index contributed by atoms with van der Waals surface area (Å²) in [6.07, 6.45) is 9.51. The molecule has 2 fully saturated rings. The van der Waals surface area contributed by atoms with Crippen LogP contribution in [0.5, 0.6) is 0 Å². The van der Waals surface area contributed by atoms with Gasteiger partial charge in [0.25, 0.3) is 0 Å². The zero-order valence-electron chi connectivity index (χ0n) is 14.1. The number of nitrogens with one attached hydrogen (secondary N) is 2. The molecular weight excluding hydrogens is 280 g/mol. The molecule has 2 rings (SSSR count). The molecule has 22 heavy (non-hydrogen) atoms. The van der Waals surface area contributed by atoms with Gasteiger partial charge in [-0.25, -0.2) is 4.79 Å². The lowest BCUT2D eigenvalue weighted by Crippen LogP contribution is -2.56. The molecule has 2 unspecified atom stereocenters. The molecular formula is C17H32N2O3. The monoisotopic (exact) mass is 312 g/mol. The molecule has 5 nitrogen and oxygen atoms in total. The third kappa shape index (κ3) is 4.59. The van der Waals surface area contributed by atoms with E-state index in [-0.39, 0.29) is 24.3 Å². The van der Waals surface area contributed by atoms with Crippen LogP contribution in [-0.2, 0) is 4.74 Å². The average Bonchev–Trinajstić information content (AvgIpc) is 2.48. The maximum atomic E-state index is 12.3. The topological polar surface area (TPSA) is 70.6 Å². The summed E-state index contributed by atoms with van der Waals surface area (Å²) >= 11 is 0. The number of carbonyl (C=O) groups excluding carboxylic acids is 1. The first-order valence-corrected chi connectivity index (χ1v) is 8.84. The van der Waals surface area contributed by atoms with Gasteiger partial charge in [-0.15, -0.1) is 0 Å². The highest BCUT2D eigenvalue weighted by atomic mass is 16.5. The summed E-state index contributed by atoms with van der Waals surface area (Å²) in [7, 11) is 0. The molecule has 1 aliphatic carbocycles. The van der Waals surface area contributed by atoms with Gasteiger partial charge in [-0.3, -0.25) is 0 Å². The van der Waals surface area contributed by atoms with Crippen molar-refractivity contribution in [1.29, 1.82) is 0 Å². The number of rotatable bonds is 5. The molecule has 0 aromatic rings. The highest BCUT2D eigenvalue weighted by Gasteiger charge is 2.39. The Hall–Kier alpha value is -0.810. The molecule has 1 heterocycles. The highest BCUT2D eigenvalue weighted by Crippen LogP contribution is 2.38. The predicted octanol–water partition coefficient (Wildman–Crippen LogP) is 2.72. The van der Waals surface area contributed by atoms with Gasteiger partial charge in [-0.1, -0.05) is 32.6 Å². The van der Waals surface area contributed by atoms with Crippen molar-refractivity contribution in [2.45, 2.75) is 88.8 Å². The van der Waals surface area contributed by atoms with E-state index in [2.05, 4.69) is 17.6 Å². The van der Waals surface area contributed by atoms with Crippen molar-refractivity contribution in [2.24, 2.45) is 0 Å². The summed E-state index contributed by atoms with van der Waals surface area (Å²) in [4.78, 5) is 12.3. The van der Waals surface area contributed by atoms with E-state index in [1.54, 1.807) is 0 Å². The van der Waals surface area contributed by atoms with Gasteiger partial charge in [0.05, 0.1) is 17.7 Å². The summed E-state index contributed by atoms with van der Waals surface area (Å²) in [6, 6.07) is 0.0132. The Bertz CT molecular complexity index is 363. The Labute approximate surface area is 134 Å². The van der Waals surface area contributed by atoms with Crippen molar-refractivity contribution in [3.05, 3.63) is 0 Å². The van der Waals surface area contributed by atoms with Gasteiger partial charge < -0.3 is 20.5 Å². The quantitative estimate of drug-likeness (QED) is 0.731. The fourth-order valence-electron chi connectivity index (χ4n) is 3.92. The zero-order chi connectivity index (χ0) is 16.1. The lowest BCUT2D eigenvalue weighted by molar-refractivity contribution is -0.107. The Kier molecular flexibility index (Phi) is 6.09. The van der Waals surface area contributed by atoms with E-state index >= 15 is 0 Å². The number of hydrogen-bond donors (Lipinski definition) is 3. The normalized spacial score (nSPS) is 27.1. The standard InChI is InChI=1S/C17H32N2O3/c1-3-8-16(2,13-20)19-15(21)18-14-7-11-22-17(12-14)9-5-4-6-10-17/h14,20H,3-13H2,1-2H3,(H2,18,19,21). The first-order valence-electron chi connectivity index (χ1n) is 8.84. The van der Waals surface area contributed by atoms with Crippen LogP contribution in [0.25, 0.3) is 0 Å². The van der Waals surface area contributed by atoms with Gasteiger partial charge in [0, 0.05) is 12.6 Å². The first-order chi connectivity index (χ1) is 10.5. The van der Waals surface area contributed by atoms with Gasteiger partial charge in [-0.05, 0) is 39.0 Å². The summed E-state index contributed by atoms with van der Waals surface area (Å²) in [5, 5.41) is 15.5. The Morgan fingerprint density at radius 1 is 1.36 bits per heavy atom. The number of aliphatic hydroxyl groups excluding tert-OH is 1. The van der Waals surface area contributed by atoms with Crippen LogP contribution in [0, 0.1) is 0 Å². The van der Waals surface area contributed by atoms with Gasteiger partial charge in [-0.2, -0.15) is 0 Å². The van der Waals surface area contributed by atoms with E-state index in [1.807, 2.05) is 6.92 Å². The van der Waals surface area contributed by atoms with Crippen LogP contribution in [0.2, 0.25) is 0 Å². The average molecular weight is 312 g/mol. The lowest BCUT2D eigenvalue weighted by Gasteiger charge is -2.43. The van der Waals surface area contributed by atoms with Crippen LogP contribution >= 0.6 is 0 Å². The third-order valence-electron chi connectivity index (χ3n) is 5.16. The molecule has 2 aliphatic rings. The number of aliphatic hydroxyl groups is 1. The molecule has 0 radical (unpaired) electrons. The zero-order valence-corrected chi connectivity index (χ0v) is 14.1. The van der Waals surface area contributed by atoms with E-state index < -0.39 is 5.54 Å². The molecule has 0 bridgehead atoms. The van der Waals surface area contributed by atoms with Crippen molar-refractivity contribution in [1.82, 2.24) is 10.6 Å². The first kappa shape index (κ1) is 17.5. The van der Waals surface area contributed by atoms with Crippen LogP contribution < -0.4 is 10.6 Å². The van der Waals surface area contributed by atoms with Gasteiger partial charge in [0.15, 0.2) is 0 Å². The molecule has 1 saturated heterocycles. The molecule has 2 amide bonds. The van der Waals surface area contributed by atoms with Crippen LogP contribution in [-0.4, -0.2) is 41.5 Å². The molecule has 3 N–H and O–H groups in total. The molecule has 0 aromatic carbocycles. The molecule has 0 aromatic heterocycles. The number of hydrogen-bond acceptors (Lipinski definition) is 3. The van der Waals surface area contributed by atoms with Crippen LogP contribution in [0.1, 0.15) is 71.6 Å². The molecule has 1 aliphatic heterocycles. The molecule has 5 heteroatoms. The number of carbonyl (C=O) groups is 1. The summed E-state index contributed by atoms with van der Waals surface area (Å²) in [5.41, 5.74) is -0.537. The van der Waals surface area contributed by atoms with E-state index in [9.17, 15) is 9.90 Å².